The number of fused-ring (bicyclic) bond motifs is 1. The summed E-state index contributed by atoms with van der Waals surface area (Å²) in [5.74, 6) is -0.489. The van der Waals surface area contributed by atoms with Gasteiger partial charge in [0, 0.05) is 37.6 Å². The molecule has 31 heavy (non-hydrogen) atoms. The van der Waals surface area contributed by atoms with Crippen molar-refractivity contribution in [3.63, 3.8) is 0 Å². The molecule has 0 radical (unpaired) electrons. The summed E-state index contributed by atoms with van der Waals surface area (Å²) in [5.41, 5.74) is 2.63. The maximum atomic E-state index is 13.5. The minimum atomic E-state index is -0.949. The molecule has 0 unspecified atom stereocenters. The van der Waals surface area contributed by atoms with Crippen molar-refractivity contribution in [2.45, 2.75) is 57.7 Å². The third kappa shape index (κ3) is 6.24. The summed E-state index contributed by atoms with van der Waals surface area (Å²) in [6, 6.07) is 8.70. The molecule has 168 valence electrons. The molecule has 0 aliphatic carbocycles. The van der Waals surface area contributed by atoms with Crippen molar-refractivity contribution in [1.82, 2.24) is 10.6 Å². The zero-order valence-corrected chi connectivity index (χ0v) is 18.1. The smallest absolute Gasteiger partial charge is 0.217 e. The van der Waals surface area contributed by atoms with Gasteiger partial charge in [-0.15, -0.1) is 0 Å². The predicted octanol–water partition coefficient (Wildman–Crippen LogP) is 3.61. The van der Waals surface area contributed by atoms with E-state index in [2.05, 4.69) is 36.6 Å². The van der Waals surface area contributed by atoms with Gasteiger partial charge in [0.2, 0.25) is 5.91 Å². The fourth-order valence-electron chi connectivity index (χ4n) is 3.92. The molecule has 0 saturated carbocycles. The number of ether oxygens (including phenoxy) is 1. The first kappa shape index (κ1) is 23.2. The minimum absolute atomic E-state index is 0.00157. The standard InChI is InChI=1S/C24H30F2N2O3/c1-14(2)17-4-5-24-20(11-17)21(6-7-31-24)27-13-23(30)22(28-15(3)29)10-16-8-18(25)12-19(26)9-16/h4-5,8-9,11-12,14,21-23,27,30H,6-7,10,13H2,1-3H3,(H,28,29)/t21-,22+,23+/m1/s1. The second-order valence-electron chi connectivity index (χ2n) is 8.41. The molecule has 1 aliphatic heterocycles. The van der Waals surface area contributed by atoms with Crippen LogP contribution in [-0.4, -0.2) is 36.3 Å². The highest BCUT2D eigenvalue weighted by molar-refractivity contribution is 5.73. The molecule has 3 rings (SSSR count). The second-order valence-corrected chi connectivity index (χ2v) is 8.41. The normalized spacial score (nSPS) is 17.6. The van der Waals surface area contributed by atoms with Crippen LogP contribution in [-0.2, 0) is 11.2 Å². The van der Waals surface area contributed by atoms with Crippen molar-refractivity contribution in [3.8, 4) is 5.75 Å². The summed E-state index contributed by atoms with van der Waals surface area (Å²) >= 11 is 0. The Morgan fingerprint density at radius 2 is 1.90 bits per heavy atom. The molecule has 1 heterocycles. The highest BCUT2D eigenvalue weighted by atomic mass is 19.1. The number of halogens is 2. The van der Waals surface area contributed by atoms with Crippen molar-refractivity contribution < 1.29 is 23.4 Å². The SMILES string of the molecule is CC(=O)N[C@@H](Cc1cc(F)cc(F)c1)[C@@H](O)CN[C@@H]1CCOc2ccc(C(C)C)cc21. The van der Waals surface area contributed by atoms with Crippen LogP contribution in [0.4, 0.5) is 8.78 Å². The molecule has 0 saturated heterocycles. The second kappa shape index (κ2) is 10.2. The monoisotopic (exact) mass is 432 g/mol. The van der Waals surface area contributed by atoms with Gasteiger partial charge in [-0.2, -0.15) is 0 Å². The Labute approximate surface area is 181 Å². The van der Waals surface area contributed by atoms with E-state index < -0.39 is 23.8 Å². The topological polar surface area (TPSA) is 70.6 Å². The highest BCUT2D eigenvalue weighted by Crippen LogP contribution is 2.34. The van der Waals surface area contributed by atoms with Crippen LogP contribution in [0, 0.1) is 11.6 Å². The molecule has 5 nitrogen and oxygen atoms in total. The number of aliphatic hydroxyl groups is 1. The zero-order chi connectivity index (χ0) is 22.5. The van der Waals surface area contributed by atoms with E-state index >= 15 is 0 Å². The summed E-state index contributed by atoms with van der Waals surface area (Å²) < 4.78 is 32.9. The van der Waals surface area contributed by atoms with E-state index in [1.807, 2.05) is 6.07 Å². The fraction of sp³-hybridized carbons (Fsp3) is 0.458. The first-order chi connectivity index (χ1) is 14.7. The van der Waals surface area contributed by atoms with Gasteiger partial charge in [0.05, 0.1) is 18.8 Å². The highest BCUT2D eigenvalue weighted by Gasteiger charge is 2.26. The van der Waals surface area contributed by atoms with Gasteiger partial charge in [0.15, 0.2) is 0 Å². The van der Waals surface area contributed by atoms with Gasteiger partial charge in [-0.25, -0.2) is 8.78 Å². The Morgan fingerprint density at radius 1 is 1.19 bits per heavy atom. The van der Waals surface area contributed by atoms with E-state index in [0.29, 0.717) is 18.1 Å². The number of rotatable bonds is 8. The van der Waals surface area contributed by atoms with Crippen LogP contribution in [0.1, 0.15) is 55.8 Å². The van der Waals surface area contributed by atoms with Crippen molar-refractivity contribution in [2.75, 3.05) is 13.2 Å². The molecule has 0 aromatic heterocycles. The Hall–Kier alpha value is -2.51. The molecular formula is C24H30F2N2O3. The number of hydrogen-bond donors (Lipinski definition) is 3. The van der Waals surface area contributed by atoms with Crippen LogP contribution in [0.15, 0.2) is 36.4 Å². The van der Waals surface area contributed by atoms with Crippen LogP contribution in [0.25, 0.3) is 0 Å². The van der Waals surface area contributed by atoms with Gasteiger partial charge < -0.3 is 20.5 Å². The molecule has 2 aromatic rings. The predicted molar refractivity (Wildman–Crippen MR) is 115 cm³/mol. The van der Waals surface area contributed by atoms with Crippen LogP contribution in [0.2, 0.25) is 0 Å². The maximum Gasteiger partial charge on any atom is 0.217 e. The third-order valence-corrected chi connectivity index (χ3v) is 5.54. The lowest BCUT2D eigenvalue weighted by molar-refractivity contribution is -0.120. The van der Waals surface area contributed by atoms with Gasteiger partial charge in [0.25, 0.3) is 0 Å². The fourth-order valence-corrected chi connectivity index (χ4v) is 3.92. The lowest BCUT2D eigenvalue weighted by atomic mass is 9.93. The van der Waals surface area contributed by atoms with E-state index in [4.69, 9.17) is 4.74 Å². The van der Waals surface area contributed by atoms with Crippen molar-refractivity contribution in [1.29, 1.82) is 0 Å². The number of benzene rings is 2. The molecule has 1 aliphatic rings. The number of hydrogen-bond acceptors (Lipinski definition) is 4. The lowest BCUT2D eigenvalue weighted by Gasteiger charge is -2.30. The lowest BCUT2D eigenvalue weighted by Crippen LogP contribution is -2.48. The minimum Gasteiger partial charge on any atom is -0.493 e. The summed E-state index contributed by atoms with van der Waals surface area (Å²) in [7, 11) is 0. The van der Waals surface area contributed by atoms with Crippen molar-refractivity contribution in [3.05, 3.63) is 64.7 Å². The summed E-state index contributed by atoms with van der Waals surface area (Å²) in [4.78, 5) is 11.6. The van der Waals surface area contributed by atoms with E-state index in [0.717, 1.165) is 23.8 Å². The molecule has 0 fully saturated rings. The van der Waals surface area contributed by atoms with Gasteiger partial charge >= 0.3 is 0 Å². The summed E-state index contributed by atoms with van der Waals surface area (Å²) in [6.45, 7) is 6.38. The first-order valence-corrected chi connectivity index (χ1v) is 10.6. The molecule has 0 spiro atoms. The van der Waals surface area contributed by atoms with Crippen molar-refractivity contribution >= 4 is 5.91 Å². The molecule has 0 bridgehead atoms. The first-order valence-electron chi connectivity index (χ1n) is 10.6. The number of nitrogens with one attached hydrogen (secondary N) is 2. The number of amides is 1. The maximum absolute atomic E-state index is 13.5. The summed E-state index contributed by atoms with van der Waals surface area (Å²) in [6.07, 6.45) is -0.0880. The van der Waals surface area contributed by atoms with Gasteiger partial charge in [0.1, 0.15) is 17.4 Å². The largest absolute Gasteiger partial charge is 0.493 e. The van der Waals surface area contributed by atoms with Crippen LogP contribution >= 0.6 is 0 Å². The number of carbonyl (C=O) groups is 1. The van der Waals surface area contributed by atoms with Gasteiger partial charge in [-0.05, 0) is 41.7 Å². The van der Waals surface area contributed by atoms with Crippen LogP contribution in [0.3, 0.4) is 0 Å². The Kier molecular flexibility index (Phi) is 7.62. The van der Waals surface area contributed by atoms with E-state index in [9.17, 15) is 18.7 Å². The van der Waals surface area contributed by atoms with Crippen LogP contribution in [0.5, 0.6) is 5.75 Å². The molecule has 2 aromatic carbocycles. The van der Waals surface area contributed by atoms with E-state index in [1.54, 1.807) is 0 Å². The molecule has 3 N–H and O–H groups in total. The Balaban J connectivity index is 1.70. The summed E-state index contributed by atoms with van der Waals surface area (Å²) in [5, 5.41) is 16.9. The van der Waals surface area contributed by atoms with Crippen LogP contribution < -0.4 is 15.4 Å². The van der Waals surface area contributed by atoms with Gasteiger partial charge in [-0.1, -0.05) is 26.0 Å². The van der Waals surface area contributed by atoms with Gasteiger partial charge in [-0.3, -0.25) is 4.79 Å². The number of aliphatic hydroxyl groups excluding tert-OH is 1. The van der Waals surface area contributed by atoms with Crippen molar-refractivity contribution in [2.24, 2.45) is 0 Å². The Morgan fingerprint density at radius 3 is 2.55 bits per heavy atom. The average molecular weight is 433 g/mol. The molecule has 1 amide bonds. The third-order valence-electron chi connectivity index (χ3n) is 5.54. The van der Waals surface area contributed by atoms with E-state index in [1.165, 1.54) is 24.6 Å². The average Bonchev–Trinajstić information content (AvgIpc) is 2.70. The van der Waals surface area contributed by atoms with E-state index in [-0.39, 0.29) is 24.9 Å². The quantitative estimate of drug-likeness (QED) is 0.596. The molecular weight excluding hydrogens is 402 g/mol. The molecule has 7 heteroatoms. The zero-order valence-electron chi connectivity index (χ0n) is 18.1. The Bertz CT molecular complexity index is 899. The molecule has 3 atom stereocenters. The number of carbonyl (C=O) groups excluding carboxylic acids is 1.